The Morgan fingerprint density at radius 1 is 0.971 bits per heavy atom. The first kappa shape index (κ1) is 27.4. The third-order valence-corrected chi connectivity index (χ3v) is 4.88. The number of amides is 1. The quantitative estimate of drug-likeness (QED) is 0.450. The number of rotatable bonds is 7. The van der Waals surface area contributed by atoms with E-state index < -0.39 is 29.7 Å². The van der Waals surface area contributed by atoms with Crippen molar-refractivity contribution in [2.45, 2.75) is 19.0 Å². The molecule has 188 valence electrons. The van der Waals surface area contributed by atoms with Gasteiger partial charge >= 0.3 is 12.1 Å². The Morgan fingerprint density at radius 3 is 2.11 bits per heavy atom. The van der Waals surface area contributed by atoms with E-state index in [-0.39, 0.29) is 12.0 Å². The van der Waals surface area contributed by atoms with Gasteiger partial charge in [-0.1, -0.05) is 17.4 Å². The van der Waals surface area contributed by atoms with E-state index in [2.05, 4.69) is 15.5 Å². The molecule has 0 aliphatic heterocycles. The second-order valence-electron chi connectivity index (χ2n) is 6.67. The fourth-order valence-electron chi connectivity index (χ4n) is 2.60. The number of carboxylic acid groups (broad SMARTS) is 1. The third-order valence-electron chi connectivity index (χ3n) is 4.05. The van der Waals surface area contributed by atoms with Gasteiger partial charge in [-0.15, -0.1) is 10.2 Å². The molecule has 35 heavy (non-hydrogen) atoms. The number of methoxy groups -OCH3 is 2. The molecule has 14 heteroatoms. The monoisotopic (exact) mass is 519 g/mol. The summed E-state index contributed by atoms with van der Waals surface area (Å²) in [6, 6.07) is 8.52. The average Bonchev–Trinajstić information content (AvgIpc) is 3.19. The van der Waals surface area contributed by atoms with Gasteiger partial charge in [0.1, 0.15) is 16.6 Å². The maximum Gasteiger partial charge on any atom is 0.490 e. The van der Waals surface area contributed by atoms with Crippen molar-refractivity contribution in [3.63, 3.8) is 0 Å². The Morgan fingerprint density at radius 2 is 1.57 bits per heavy atom. The summed E-state index contributed by atoms with van der Waals surface area (Å²) in [5, 5.41) is 18.7. The molecule has 8 nitrogen and oxygen atoms in total. The summed E-state index contributed by atoms with van der Waals surface area (Å²) < 4.78 is 68.6. The number of hydrogen-bond acceptors (Lipinski definition) is 7. The fraction of sp³-hybridized carbons (Fsp3) is 0.238. The van der Waals surface area contributed by atoms with Crippen molar-refractivity contribution < 1.29 is 46.1 Å². The van der Waals surface area contributed by atoms with Crippen LogP contribution in [0.3, 0.4) is 0 Å². The molecule has 1 amide bonds. The summed E-state index contributed by atoms with van der Waals surface area (Å²) in [5.41, 5.74) is 1.19. The number of anilines is 1. The van der Waals surface area contributed by atoms with Crippen molar-refractivity contribution in [2.75, 3.05) is 19.5 Å². The first-order valence-electron chi connectivity index (χ1n) is 9.49. The largest absolute Gasteiger partial charge is 0.493 e. The van der Waals surface area contributed by atoms with Crippen LogP contribution in [0.15, 0.2) is 36.4 Å². The molecule has 0 aliphatic rings. The lowest BCUT2D eigenvalue weighted by Crippen LogP contribution is -2.21. The Labute approximate surface area is 199 Å². The van der Waals surface area contributed by atoms with Crippen LogP contribution in [0.25, 0.3) is 0 Å². The molecule has 0 fully saturated rings. The Bertz CT molecular complexity index is 1170. The number of aromatic nitrogens is 2. The smallest absolute Gasteiger partial charge is 0.490 e. The average molecular weight is 519 g/mol. The van der Waals surface area contributed by atoms with Crippen LogP contribution in [0.5, 0.6) is 11.5 Å². The highest BCUT2D eigenvalue weighted by molar-refractivity contribution is 7.15. The Hall–Kier alpha value is -3.81. The number of benzene rings is 2. The second kappa shape index (κ2) is 12.1. The van der Waals surface area contributed by atoms with Crippen molar-refractivity contribution in [3.05, 3.63) is 64.2 Å². The summed E-state index contributed by atoms with van der Waals surface area (Å²) in [7, 11) is 3.13. The molecule has 0 atom stereocenters. The summed E-state index contributed by atoms with van der Waals surface area (Å²) in [6.45, 7) is 0. The van der Waals surface area contributed by atoms with Crippen molar-refractivity contribution in [2.24, 2.45) is 0 Å². The lowest BCUT2D eigenvalue weighted by Gasteiger charge is -2.08. The van der Waals surface area contributed by atoms with Crippen LogP contribution < -0.4 is 14.8 Å². The van der Waals surface area contributed by atoms with E-state index in [4.69, 9.17) is 19.4 Å². The molecule has 0 spiro atoms. The third kappa shape index (κ3) is 8.81. The van der Waals surface area contributed by atoms with E-state index in [1.54, 1.807) is 20.3 Å². The maximum absolute atomic E-state index is 13.2. The van der Waals surface area contributed by atoms with Gasteiger partial charge in [0, 0.05) is 12.5 Å². The molecule has 0 aliphatic carbocycles. The highest BCUT2D eigenvalue weighted by Gasteiger charge is 2.38. The zero-order valence-electron chi connectivity index (χ0n) is 18.2. The molecule has 3 rings (SSSR count). The zero-order valence-corrected chi connectivity index (χ0v) is 19.0. The molecule has 0 unspecified atom stereocenters. The Kier molecular flexibility index (Phi) is 9.45. The molecule has 0 bridgehead atoms. The van der Waals surface area contributed by atoms with Crippen LogP contribution in [-0.2, 0) is 22.4 Å². The minimum absolute atomic E-state index is 0.167. The number of nitrogens with zero attached hydrogens (tertiary/aromatic N) is 2. The zero-order chi connectivity index (χ0) is 26.2. The first-order chi connectivity index (χ1) is 16.4. The standard InChI is InChI=1S/C19H17F2N3O3S.C2HF3O2/c1-26-15-4-3-11(7-16(15)27-2)9-18-23-24-19(28-18)22-17(25)8-12-5-13(20)10-14(21)6-12;3-2(4,5)1(6)7/h3-7,10H,8-9H2,1-2H3,(H,22,24,25);(H,6,7). The number of carbonyl (C=O) groups excluding carboxylic acids is 1. The molecule has 2 aromatic carbocycles. The first-order valence-corrected chi connectivity index (χ1v) is 10.3. The number of halogens is 5. The van der Waals surface area contributed by atoms with E-state index in [0.717, 1.165) is 23.8 Å². The van der Waals surface area contributed by atoms with Crippen molar-refractivity contribution >= 4 is 28.3 Å². The number of carboxylic acids is 1. The lowest BCUT2D eigenvalue weighted by molar-refractivity contribution is -0.192. The Balaban J connectivity index is 0.000000540. The minimum Gasteiger partial charge on any atom is -0.493 e. The number of nitrogens with one attached hydrogen (secondary N) is 1. The minimum atomic E-state index is -5.08. The summed E-state index contributed by atoms with van der Waals surface area (Å²) >= 11 is 1.22. The summed E-state index contributed by atoms with van der Waals surface area (Å²) in [4.78, 5) is 21.0. The second-order valence-corrected chi connectivity index (χ2v) is 7.73. The number of hydrogen-bond donors (Lipinski definition) is 2. The van der Waals surface area contributed by atoms with Gasteiger partial charge in [-0.25, -0.2) is 13.6 Å². The van der Waals surface area contributed by atoms with E-state index >= 15 is 0 Å². The molecule has 3 aromatic rings. The highest BCUT2D eigenvalue weighted by atomic mass is 32.1. The number of aliphatic carboxylic acids is 1. The summed E-state index contributed by atoms with van der Waals surface area (Å²) in [6.07, 6.45) is -4.75. The number of carbonyl (C=O) groups is 2. The van der Waals surface area contributed by atoms with E-state index in [0.29, 0.717) is 28.1 Å². The predicted octanol–water partition coefficient (Wildman–Crippen LogP) is 4.24. The van der Waals surface area contributed by atoms with Crippen LogP contribution in [0.2, 0.25) is 0 Å². The van der Waals surface area contributed by atoms with Crippen LogP contribution >= 0.6 is 11.3 Å². The van der Waals surface area contributed by atoms with Gasteiger partial charge < -0.3 is 19.9 Å². The topological polar surface area (TPSA) is 111 Å². The van der Waals surface area contributed by atoms with Crippen LogP contribution in [0.1, 0.15) is 16.1 Å². The fourth-order valence-corrected chi connectivity index (χ4v) is 3.39. The maximum atomic E-state index is 13.2. The van der Waals surface area contributed by atoms with E-state index in [9.17, 15) is 26.7 Å². The van der Waals surface area contributed by atoms with Crippen molar-refractivity contribution in [3.8, 4) is 11.5 Å². The van der Waals surface area contributed by atoms with Crippen LogP contribution in [0.4, 0.5) is 27.1 Å². The van der Waals surface area contributed by atoms with Gasteiger partial charge in [0.15, 0.2) is 11.5 Å². The van der Waals surface area contributed by atoms with Crippen LogP contribution in [-0.4, -0.2) is 47.6 Å². The van der Waals surface area contributed by atoms with Gasteiger partial charge in [-0.2, -0.15) is 13.2 Å². The number of ether oxygens (including phenoxy) is 2. The molecule has 0 saturated carbocycles. The SMILES string of the molecule is COc1ccc(Cc2nnc(NC(=O)Cc3cc(F)cc(F)c3)s2)cc1OC.O=C(O)C(F)(F)F. The van der Waals surface area contributed by atoms with E-state index in [1.807, 2.05) is 12.1 Å². The van der Waals surface area contributed by atoms with Crippen molar-refractivity contribution in [1.29, 1.82) is 0 Å². The molecule has 1 heterocycles. The highest BCUT2D eigenvalue weighted by Crippen LogP contribution is 2.29. The summed E-state index contributed by atoms with van der Waals surface area (Å²) in [5.74, 6) is -3.40. The predicted molar refractivity (Wildman–Crippen MR) is 115 cm³/mol. The molecule has 0 radical (unpaired) electrons. The molecular formula is C21H18F5N3O5S. The van der Waals surface area contributed by atoms with Crippen molar-refractivity contribution in [1.82, 2.24) is 10.2 Å². The van der Waals surface area contributed by atoms with Gasteiger partial charge in [0.25, 0.3) is 0 Å². The molecule has 1 aromatic heterocycles. The van der Waals surface area contributed by atoms with Gasteiger partial charge in [-0.3, -0.25) is 4.79 Å². The van der Waals surface area contributed by atoms with Gasteiger partial charge in [0.05, 0.1) is 20.6 Å². The number of alkyl halides is 3. The molecule has 0 saturated heterocycles. The van der Waals surface area contributed by atoms with Gasteiger partial charge in [-0.05, 0) is 35.4 Å². The lowest BCUT2D eigenvalue weighted by atomic mass is 10.1. The van der Waals surface area contributed by atoms with Gasteiger partial charge in [0.2, 0.25) is 11.0 Å². The normalized spacial score (nSPS) is 10.7. The molecule has 2 N–H and O–H groups in total. The van der Waals surface area contributed by atoms with Crippen LogP contribution in [0, 0.1) is 11.6 Å². The van der Waals surface area contributed by atoms with E-state index in [1.165, 1.54) is 11.3 Å². The molecular weight excluding hydrogens is 501 g/mol.